The average Bonchev–Trinajstić information content (AvgIpc) is 2.62. The van der Waals surface area contributed by atoms with Gasteiger partial charge in [0.1, 0.15) is 23.2 Å². The Hall–Kier alpha value is -1.25. The molecule has 0 amide bonds. The van der Waals surface area contributed by atoms with Crippen molar-refractivity contribution >= 4 is 21.0 Å². The van der Waals surface area contributed by atoms with Crippen LogP contribution in [0, 0.1) is 11.8 Å². The molecule has 1 saturated heterocycles. The van der Waals surface area contributed by atoms with E-state index in [-0.39, 0.29) is 17.5 Å². The van der Waals surface area contributed by atoms with Gasteiger partial charge in [-0.1, -0.05) is 13.0 Å². The van der Waals surface area contributed by atoms with Gasteiger partial charge in [-0.3, -0.25) is 9.59 Å². The van der Waals surface area contributed by atoms with Crippen LogP contribution in [0.3, 0.4) is 0 Å². The lowest BCUT2D eigenvalue weighted by Crippen LogP contribution is -2.33. The largest absolute Gasteiger partial charge is 0.480 e. The predicted octanol–water partition coefficient (Wildman–Crippen LogP) is 3.87. The van der Waals surface area contributed by atoms with Gasteiger partial charge in [0.25, 0.3) is 0 Å². The minimum atomic E-state index is -0.610. The number of carbonyl (C=O) groups is 2. The number of hydrogen-bond acceptors (Lipinski definition) is 4. The summed E-state index contributed by atoms with van der Waals surface area (Å²) >= 11 is 0. The summed E-state index contributed by atoms with van der Waals surface area (Å²) in [5.41, 5.74) is 1.89. The lowest BCUT2D eigenvalue weighted by Gasteiger charge is -2.31. The van der Waals surface area contributed by atoms with Crippen LogP contribution >= 0.6 is 9.47 Å². The van der Waals surface area contributed by atoms with Crippen molar-refractivity contribution in [1.29, 1.82) is 0 Å². The third-order valence-electron chi connectivity index (χ3n) is 5.58. The van der Waals surface area contributed by atoms with Gasteiger partial charge in [-0.2, -0.15) is 0 Å². The van der Waals surface area contributed by atoms with Gasteiger partial charge in [-0.25, -0.2) is 0 Å². The SMILES string of the molecule is CCc1ccc(OP)cc1C1C(=O)CC(CC2CCOCC2)CC1=O. The molecule has 1 aromatic rings. The van der Waals surface area contributed by atoms with Gasteiger partial charge in [-0.15, -0.1) is 0 Å². The molecule has 136 valence electrons. The van der Waals surface area contributed by atoms with E-state index >= 15 is 0 Å². The van der Waals surface area contributed by atoms with E-state index in [1.165, 1.54) is 0 Å². The maximum atomic E-state index is 12.8. The lowest BCUT2D eigenvalue weighted by atomic mass is 9.72. The highest BCUT2D eigenvalue weighted by molar-refractivity contribution is 7.10. The zero-order valence-electron chi connectivity index (χ0n) is 14.8. The van der Waals surface area contributed by atoms with Crippen molar-refractivity contribution in [2.24, 2.45) is 11.8 Å². The Bertz CT molecular complexity index is 619. The molecule has 1 unspecified atom stereocenters. The number of rotatable bonds is 5. The molecule has 0 aromatic heterocycles. The summed E-state index contributed by atoms with van der Waals surface area (Å²) in [7, 11) is 2.22. The van der Waals surface area contributed by atoms with Gasteiger partial charge < -0.3 is 9.26 Å². The fourth-order valence-electron chi connectivity index (χ4n) is 4.26. The number of hydrogen-bond donors (Lipinski definition) is 0. The Morgan fingerprint density at radius 2 is 1.80 bits per heavy atom. The minimum absolute atomic E-state index is 0.0731. The maximum Gasteiger partial charge on any atom is 0.148 e. The molecule has 0 N–H and O–H groups in total. The number of ether oxygens (including phenoxy) is 1. The highest BCUT2D eigenvalue weighted by Gasteiger charge is 2.38. The second kappa shape index (κ2) is 8.42. The molecule has 2 aliphatic rings. The lowest BCUT2D eigenvalue weighted by molar-refractivity contribution is -0.134. The monoisotopic (exact) mass is 362 g/mol. The Kier molecular flexibility index (Phi) is 6.24. The second-order valence-corrected chi connectivity index (χ2v) is 7.50. The van der Waals surface area contributed by atoms with E-state index in [1.54, 1.807) is 0 Å². The molecule has 3 rings (SSSR count). The number of carbonyl (C=O) groups excluding carboxylic acids is 2. The zero-order chi connectivity index (χ0) is 17.8. The Balaban J connectivity index is 1.74. The van der Waals surface area contributed by atoms with Gasteiger partial charge >= 0.3 is 0 Å². The molecule has 5 heteroatoms. The molecular weight excluding hydrogens is 335 g/mol. The molecule has 0 radical (unpaired) electrons. The molecule has 0 bridgehead atoms. The molecule has 25 heavy (non-hydrogen) atoms. The molecule has 4 nitrogen and oxygen atoms in total. The van der Waals surface area contributed by atoms with Crippen LogP contribution in [-0.4, -0.2) is 24.8 Å². The summed E-state index contributed by atoms with van der Waals surface area (Å²) in [5.74, 6) is 0.998. The van der Waals surface area contributed by atoms with Gasteiger partial charge in [0.15, 0.2) is 0 Å². The van der Waals surface area contributed by atoms with Crippen LogP contribution in [0.15, 0.2) is 18.2 Å². The summed E-state index contributed by atoms with van der Waals surface area (Å²) in [4.78, 5) is 25.7. The van der Waals surface area contributed by atoms with Gasteiger partial charge in [0.2, 0.25) is 0 Å². The van der Waals surface area contributed by atoms with Crippen molar-refractivity contribution in [3.8, 4) is 5.75 Å². The van der Waals surface area contributed by atoms with Crippen molar-refractivity contribution in [2.45, 2.75) is 51.4 Å². The molecule has 1 aliphatic carbocycles. The molecule has 2 fully saturated rings. The number of ketones is 2. The minimum Gasteiger partial charge on any atom is -0.480 e. The standard InChI is InChI=1S/C20H27O4P/c1-2-15-3-4-16(24-25)12-17(15)20-18(21)10-14(11-19(20)22)9-13-5-7-23-8-6-13/h3-4,12-14,20H,2,5-11,25H2,1H3. The highest BCUT2D eigenvalue weighted by Crippen LogP contribution is 2.37. The molecule has 1 atom stereocenters. The fourth-order valence-corrected chi connectivity index (χ4v) is 4.41. The third-order valence-corrected chi connectivity index (χ3v) is 5.85. The van der Waals surface area contributed by atoms with E-state index in [2.05, 4.69) is 9.47 Å². The van der Waals surface area contributed by atoms with Crippen LogP contribution in [0.25, 0.3) is 0 Å². The van der Waals surface area contributed by atoms with Gasteiger partial charge in [0.05, 0.1) is 9.47 Å². The summed E-state index contributed by atoms with van der Waals surface area (Å²) in [6.07, 6.45) is 4.91. The zero-order valence-corrected chi connectivity index (χ0v) is 16.0. The van der Waals surface area contributed by atoms with E-state index in [1.807, 2.05) is 25.1 Å². The number of benzene rings is 1. The van der Waals surface area contributed by atoms with E-state index in [9.17, 15) is 9.59 Å². The van der Waals surface area contributed by atoms with Crippen molar-refractivity contribution < 1.29 is 18.8 Å². The second-order valence-electron chi connectivity index (χ2n) is 7.26. The quantitative estimate of drug-likeness (QED) is 0.589. The van der Waals surface area contributed by atoms with E-state index < -0.39 is 5.92 Å². The van der Waals surface area contributed by atoms with E-state index in [0.717, 1.165) is 50.0 Å². The maximum absolute atomic E-state index is 12.8. The Morgan fingerprint density at radius 1 is 1.12 bits per heavy atom. The van der Waals surface area contributed by atoms with Crippen LogP contribution in [0.1, 0.15) is 56.1 Å². The first-order valence-corrected chi connectivity index (χ1v) is 9.72. The fraction of sp³-hybridized carbons (Fsp3) is 0.600. The number of aryl methyl sites for hydroxylation is 1. The molecule has 1 saturated carbocycles. The Morgan fingerprint density at radius 3 is 2.40 bits per heavy atom. The van der Waals surface area contributed by atoms with Crippen LogP contribution < -0.4 is 4.52 Å². The topological polar surface area (TPSA) is 52.6 Å². The van der Waals surface area contributed by atoms with Crippen molar-refractivity contribution in [1.82, 2.24) is 0 Å². The van der Waals surface area contributed by atoms with Crippen LogP contribution in [-0.2, 0) is 20.7 Å². The van der Waals surface area contributed by atoms with Crippen LogP contribution in [0.5, 0.6) is 5.75 Å². The smallest absolute Gasteiger partial charge is 0.148 e. The molecular formula is C20H27O4P. The van der Waals surface area contributed by atoms with Crippen LogP contribution in [0.2, 0.25) is 0 Å². The van der Waals surface area contributed by atoms with E-state index in [0.29, 0.717) is 24.5 Å². The normalized spacial score (nSPS) is 25.2. The Labute approximate surface area is 151 Å². The number of Topliss-reactive ketones (excluding diaryl/α,β-unsaturated/α-hetero) is 2. The summed E-state index contributed by atoms with van der Waals surface area (Å²) < 4.78 is 10.6. The summed E-state index contributed by atoms with van der Waals surface area (Å²) in [5, 5.41) is 0. The van der Waals surface area contributed by atoms with Crippen molar-refractivity contribution in [3.05, 3.63) is 29.3 Å². The molecule has 0 spiro atoms. The van der Waals surface area contributed by atoms with Gasteiger partial charge in [0, 0.05) is 26.1 Å². The summed E-state index contributed by atoms with van der Waals surface area (Å²) in [6.45, 7) is 3.67. The van der Waals surface area contributed by atoms with Crippen molar-refractivity contribution in [2.75, 3.05) is 13.2 Å². The average molecular weight is 362 g/mol. The summed E-state index contributed by atoms with van der Waals surface area (Å²) in [6, 6.07) is 5.69. The molecule has 1 heterocycles. The van der Waals surface area contributed by atoms with Gasteiger partial charge in [-0.05, 0) is 60.8 Å². The van der Waals surface area contributed by atoms with E-state index in [4.69, 9.17) is 9.26 Å². The molecule has 1 aliphatic heterocycles. The first-order valence-electron chi connectivity index (χ1n) is 9.25. The highest BCUT2D eigenvalue weighted by atomic mass is 31.0. The predicted molar refractivity (Wildman–Crippen MR) is 99.8 cm³/mol. The first-order chi connectivity index (χ1) is 12.1. The first kappa shape index (κ1) is 18.5. The van der Waals surface area contributed by atoms with Crippen molar-refractivity contribution in [3.63, 3.8) is 0 Å². The third kappa shape index (κ3) is 4.30. The molecule has 1 aromatic carbocycles. The van der Waals surface area contributed by atoms with Crippen LogP contribution in [0.4, 0.5) is 0 Å².